The van der Waals surface area contributed by atoms with Gasteiger partial charge in [0.2, 0.25) is 5.82 Å². The second-order valence-electron chi connectivity index (χ2n) is 5.96. The molecule has 7 nitrogen and oxygen atoms in total. The van der Waals surface area contributed by atoms with Crippen molar-refractivity contribution >= 4 is 16.9 Å². The highest BCUT2D eigenvalue weighted by Gasteiger charge is 2.17. The second kappa shape index (κ2) is 6.95. The molecule has 0 radical (unpaired) electrons. The van der Waals surface area contributed by atoms with Crippen LogP contribution in [0.5, 0.6) is 5.75 Å². The van der Waals surface area contributed by atoms with E-state index in [9.17, 15) is 4.79 Å². The van der Waals surface area contributed by atoms with Crippen molar-refractivity contribution in [3.05, 3.63) is 66.2 Å². The van der Waals surface area contributed by atoms with Gasteiger partial charge < -0.3 is 18.6 Å². The lowest BCUT2D eigenvalue weighted by Crippen LogP contribution is -2.05. The van der Waals surface area contributed by atoms with E-state index in [1.807, 2.05) is 60.1 Å². The van der Waals surface area contributed by atoms with Gasteiger partial charge in [0.15, 0.2) is 6.61 Å². The first kappa shape index (κ1) is 16.8. The van der Waals surface area contributed by atoms with Crippen molar-refractivity contribution < 1.29 is 18.8 Å². The fourth-order valence-corrected chi connectivity index (χ4v) is 2.96. The van der Waals surface area contributed by atoms with Gasteiger partial charge in [-0.1, -0.05) is 35.5 Å². The van der Waals surface area contributed by atoms with Gasteiger partial charge in [-0.15, -0.1) is 0 Å². The van der Waals surface area contributed by atoms with Gasteiger partial charge in [-0.05, 0) is 18.2 Å². The lowest BCUT2D eigenvalue weighted by atomic mass is 10.2. The van der Waals surface area contributed by atoms with E-state index in [-0.39, 0.29) is 12.5 Å². The van der Waals surface area contributed by atoms with E-state index in [2.05, 4.69) is 10.1 Å². The zero-order valence-corrected chi connectivity index (χ0v) is 14.9. The van der Waals surface area contributed by atoms with Crippen molar-refractivity contribution in [1.82, 2.24) is 14.7 Å². The fraction of sp³-hybridized carbons (Fsp3) is 0.150. The predicted octanol–water partition coefficient (Wildman–Crippen LogP) is 3.59. The smallest absolute Gasteiger partial charge is 0.340 e. The Morgan fingerprint density at radius 3 is 2.78 bits per heavy atom. The van der Waals surface area contributed by atoms with Crippen molar-refractivity contribution in [2.45, 2.75) is 6.61 Å². The maximum absolute atomic E-state index is 12.5. The van der Waals surface area contributed by atoms with Crippen LogP contribution in [0.1, 0.15) is 16.2 Å². The Morgan fingerprint density at radius 1 is 1.15 bits per heavy atom. The minimum absolute atomic E-state index is 0.107. The molecule has 0 amide bonds. The van der Waals surface area contributed by atoms with Gasteiger partial charge in [-0.2, -0.15) is 4.98 Å². The zero-order chi connectivity index (χ0) is 18.8. The summed E-state index contributed by atoms with van der Waals surface area (Å²) in [6, 6.07) is 15.0. The van der Waals surface area contributed by atoms with Gasteiger partial charge in [0.25, 0.3) is 5.89 Å². The number of hydrogen-bond acceptors (Lipinski definition) is 6. The van der Waals surface area contributed by atoms with E-state index in [0.717, 1.165) is 10.9 Å². The molecule has 136 valence electrons. The number of para-hydroxylation sites is 2. The number of carbonyl (C=O) groups excluding carboxylic acids is 1. The number of esters is 1. The molecular weight excluding hydrogens is 346 g/mol. The van der Waals surface area contributed by atoms with Crippen molar-refractivity contribution in [3.63, 3.8) is 0 Å². The summed E-state index contributed by atoms with van der Waals surface area (Å²) in [6.07, 6.45) is 1.75. The predicted molar refractivity (Wildman–Crippen MR) is 98.3 cm³/mol. The van der Waals surface area contributed by atoms with Gasteiger partial charge >= 0.3 is 5.97 Å². The molecule has 0 fully saturated rings. The molecule has 2 heterocycles. The number of rotatable bonds is 5. The number of aryl methyl sites for hydroxylation is 1. The maximum atomic E-state index is 12.5. The molecule has 0 atom stereocenters. The Kier molecular flexibility index (Phi) is 4.33. The Balaban J connectivity index is 1.51. The number of ether oxygens (including phenoxy) is 2. The van der Waals surface area contributed by atoms with Crippen LogP contribution >= 0.6 is 0 Å². The van der Waals surface area contributed by atoms with E-state index in [4.69, 9.17) is 14.0 Å². The van der Waals surface area contributed by atoms with Crippen molar-refractivity contribution in [1.29, 1.82) is 0 Å². The van der Waals surface area contributed by atoms with E-state index in [0.29, 0.717) is 22.7 Å². The van der Waals surface area contributed by atoms with Crippen molar-refractivity contribution in [3.8, 4) is 17.1 Å². The molecule has 0 N–H and O–H groups in total. The number of aromatic nitrogens is 3. The van der Waals surface area contributed by atoms with Crippen LogP contribution in [0, 0.1) is 0 Å². The first-order valence-electron chi connectivity index (χ1n) is 8.34. The third-order valence-electron chi connectivity index (χ3n) is 4.26. The van der Waals surface area contributed by atoms with E-state index in [1.54, 1.807) is 13.3 Å². The monoisotopic (exact) mass is 363 g/mol. The molecule has 4 aromatic rings. The fourth-order valence-electron chi connectivity index (χ4n) is 2.96. The molecule has 7 heteroatoms. The number of hydrogen-bond donors (Lipinski definition) is 0. The lowest BCUT2D eigenvalue weighted by molar-refractivity contribution is 0.0432. The standard InChI is InChI=1S/C20H17N3O4/c1-23-11-15(13-7-3-5-9-16(13)23)20(24)26-12-18-21-19(22-27-18)14-8-4-6-10-17(14)25-2/h3-11H,12H2,1-2H3. The number of fused-ring (bicyclic) bond motifs is 1. The summed E-state index contributed by atoms with van der Waals surface area (Å²) < 4.78 is 17.7. The summed E-state index contributed by atoms with van der Waals surface area (Å²) in [7, 11) is 3.46. The van der Waals surface area contributed by atoms with Crippen LogP contribution < -0.4 is 4.74 Å². The molecule has 0 saturated carbocycles. The normalized spacial score (nSPS) is 10.9. The SMILES string of the molecule is COc1ccccc1-c1noc(COC(=O)c2cn(C)c3ccccc23)n1. The number of benzene rings is 2. The highest BCUT2D eigenvalue weighted by molar-refractivity contribution is 6.04. The minimum Gasteiger partial charge on any atom is -0.496 e. The molecule has 4 rings (SSSR count). The molecule has 27 heavy (non-hydrogen) atoms. The molecular formula is C20H17N3O4. The maximum Gasteiger partial charge on any atom is 0.340 e. The quantitative estimate of drug-likeness (QED) is 0.504. The van der Waals surface area contributed by atoms with E-state index < -0.39 is 5.97 Å². The van der Waals surface area contributed by atoms with Crippen molar-refractivity contribution in [2.24, 2.45) is 7.05 Å². The van der Waals surface area contributed by atoms with Crippen LogP contribution in [0.3, 0.4) is 0 Å². The summed E-state index contributed by atoms with van der Waals surface area (Å²) in [5, 5.41) is 4.78. The van der Waals surface area contributed by atoms with Crippen LogP contribution in [0.4, 0.5) is 0 Å². The van der Waals surface area contributed by atoms with Crippen LogP contribution in [-0.2, 0) is 18.4 Å². The molecule has 0 aliphatic carbocycles. The molecule has 0 bridgehead atoms. The summed E-state index contributed by atoms with van der Waals surface area (Å²) in [5.41, 5.74) is 2.16. The Bertz CT molecular complexity index is 1110. The van der Waals surface area contributed by atoms with Gasteiger partial charge in [0.05, 0.1) is 18.2 Å². The summed E-state index contributed by atoms with van der Waals surface area (Å²) >= 11 is 0. The van der Waals surface area contributed by atoms with E-state index in [1.165, 1.54) is 0 Å². The molecule has 0 spiro atoms. The van der Waals surface area contributed by atoms with Crippen LogP contribution in [-0.4, -0.2) is 27.8 Å². The Morgan fingerprint density at radius 2 is 1.93 bits per heavy atom. The number of nitrogens with zero attached hydrogens (tertiary/aromatic N) is 3. The average molecular weight is 363 g/mol. The van der Waals surface area contributed by atoms with Crippen LogP contribution in [0.2, 0.25) is 0 Å². The highest BCUT2D eigenvalue weighted by atomic mass is 16.6. The topological polar surface area (TPSA) is 79.4 Å². The van der Waals surface area contributed by atoms with Crippen molar-refractivity contribution in [2.75, 3.05) is 7.11 Å². The summed E-state index contributed by atoms with van der Waals surface area (Å²) in [6.45, 7) is -0.107. The van der Waals surface area contributed by atoms with Crippen LogP contribution in [0.15, 0.2) is 59.3 Å². The number of methoxy groups -OCH3 is 1. The second-order valence-corrected chi connectivity index (χ2v) is 5.96. The van der Waals surface area contributed by atoms with Crippen LogP contribution in [0.25, 0.3) is 22.3 Å². The van der Waals surface area contributed by atoms with Gasteiger partial charge in [0, 0.05) is 24.1 Å². The Hall–Kier alpha value is -3.61. The summed E-state index contributed by atoms with van der Waals surface area (Å²) in [4.78, 5) is 16.8. The molecule has 0 aliphatic rings. The third-order valence-corrected chi connectivity index (χ3v) is 4.26. The van der Waals surface area contributed by atoms with Gasteiger partial charge in [-0.3, -0.25) is 0 Å². The molecule has 2 aromatic heterocycles. The largest absolute Gasteiger partial charge is 0.496 e. The molecule has 0 unspecified atom stereocenters. The minimum atomic E-state index is -0.441. The first-order valence-corrected chi connectivity index (χ1v) is 8.34. The lowest BCUT2D eigenvalue weighted by Gasteiger charge is -2.03. The molecule has 0 aliphatic heterocycles. The molecule has 2 aromatic carbocycles. The third kappa shape index (κ3) is 3.15. The zero-order valence-electron chi connectivity index (χ0n) is 14.9. The highest BCUT2D eigenvalue weighted by Crippen LogP contribution is 2.27. The first-order chi connectivity index (χ1) is 13.2. The molecule has 0 saturated heterocycles. The Labute approximate surface area is 155 Å². The van der Waals surface area contributed by atoms with Gasteiger partial charge in [0.1, 0.15) is 5.75 Å². The van der Waals surface area contributed by atoms with E-state index >= 15 is 0 Å². The summed E-state index contributed by atoms with van der Waals surface area (Å²) in [5.74, 6) is 0.787. The average Bonchev–Trinajstić information content (AvgIpc) is 3.31. The number of carbonyl (C=O) groups is 1. The van der Waals surface area contributed by atoms with Gasteiger partial charge in [-0.25, -0.2) is 4.79 Å².